The average molecular weight is 334 g/mol. The molecule has 0 saturated carbocycles. The van der Waals surface area contributed by atoms with Crippen LogP contribution in [0.3, 0.4) is 0 Å². The van der Waals surface area contributed by atoms with Crippen LogP contribution in [0.2, 0.25) is 0 Å². The molecule has 5 nitrogen and oxygen atoms in total. The first-order valence-electron chi connectivity index (χ1n) is 0. The van der Waals surface area contributed by atoms with Crippen LogP contribution in [0.4, 0.5) is 0 Å². The average Bonchev–Trinajstić information content (AvgIpc) is 0. The van der Waals surface area contributed by atoms with E-state index >= 15 is 0 Å². The summed E-state index contributed by atoms with van der Waals surface area (Å²) >= 11 is 0. The standard InChI is InChI=1S/5H2O.2Sb/h5*1H2;;. The molecule has 0 atom stereocenters. The van der Waals surface area contributed by atoms with Crippen molar-refractivity contribution in [3.05, 3.63) is 0 Å². The molecule has 0 unspecified atom stereocenters. The van der Waals surface area contributed by atoms with Gasteiger partial charge < -0.3 is 27.4 Å². The molecule has 0 bridgehead atoms. The largest absolute Gasteiger partial charge is 0.412 e. The van der Waals surface area contributed by atoms with E-state index in [0.29, 0.717) is 0 Å². The van der Waals surface area contributed by atoms with E-state index in [1.165, 1.54) is 0 Å². The minimum absolute atomic E-state index is 0. The van der Waals surface area contributed by atoms with E-state index in [1.807, 2.05) is 0 Å². The van der Waals surface area contributed by atoms with Gasteiger partial charge in [0.15, 0.2) is 0 Å². The Morgan fingerprint density at radius 1 is 0.286 bits per heavy atom. The van der Waals surface area contributed by atoms with Crippen molar-refractivity contribution >= 4 is 48.9 Å². The fourth-order valence-electron chi connectivity index (χ4n) is 0. The van der Waals surface area contributed by atoms with Gasteiger partial charge in [0.2, 0.25) is 0 Å². The monoisotopic (exact) mass is 332 g/mol. The molecule has 0 amide bonds. The molecule has 0 aliphatic rings. The summed E-state index contributed by atoms with van der Waals surface area (Å²) in [5.74, 6) is 0. The van der Waals surface area contributed by atoms with Crippen molar-refractivity contribution in [3.63, 3.8) is 0 Å². The third kappa shape index (κ3) is 107. The van der Waals surface area contributed by atoms with Gasteiger partial charge in [-0.3, -0.25) is 0 Å². The van der Waals surface area contributed by atoms with Crippen molar-refractivity contribution in [3.8, 4) is 0 Å². The molecule has 0 aromatic heterocycles. The van der Waals surface area contributed by atoms with Crippen molar-refractivity contribution in [2.75, 3.05) is 0 Å². The minimum Gasteiger partial charge on any atom is -0.412 e. The number of hydrogen-bond donors (Lipinski definition) is 0. The normalized spacial score (nSPS) is 0. The first-order chi connectivity index (χ1) is 0. The van der Waals surface area contributed by atoms with Gasteiger partial charge in [0.05, 0.1) is 0 Å². The van der Waals surface area contributed by atoms with Gasteiger partial charge >= 0.3 is 0 Å². The molecule has 10 N–H and O–H groups in total. The van der Waals surface area contributed by atoms with E-state index in [2.05, 4.69) is 0 Å². The van der Waals surface area contributed by atoms with Crippen LogP contribution in [0.1, 0.15) is 0 Å². The number of rotatable bonds is 0. The summed E-state index contributed by atoms with van der Waals surface area (Å²) in [4.78, 5) is 0. The molecule has 50 valence electrons. The van der Waals surface area contributed by atoms with E-state index in [0.717, 1.165) is 0 Å². The Kier molecular flexibility index (Phi) is 4820. The Morgan fingerprint density at radius 2 is 0.286 bits per heavy atom. The molecule has 0 saturated heterocycles. The van der Waals surface area contributed by atoms with Crippen LogP contribution in [0.15, 0.2) is 0 Å². The fourth-order valence-corrected chi connectivity index (χ4v) is 0. The Labute approximate surface area is 75.9 Å². The van der Waals surface area contributed by atoms with Crippen LogP contribution < -0.4 is 0 Å². The van der Waals surface area contributed by atoms with E-state index in [9.17, 15) is 0 Å². The van der Waals surface area contributed by atoms with Gasteiger partial charge in [-0.15, -0.1) is 0 Å². The predicted molar refractivity (Wildman–Crippen MR) is 29.6 cm³/mol. The van der Waals surface area contributed by atoms with Gasteiger partial charge in [0.1, 0.15) is 0 Å². The topological polar surface area (TPSA) is 158 Å². The molecule has 0 aromatic rings. The molecule has 0 spiro atoms. The molecular weight excluding hydrogens is 324 g/mol. The van der Waals surface area contributed by atoms with E-state index in [4.69, 9.17) is 0 Å². The molecule has 0 aliphatic carbocycles. The maximum absolute atomic E-state index is 0. The molecule has 0 fully saturated rings. The Balaban J connectivity index is 0. The maximum atomic E-state index is 0. The van der Waals surface area contributed by atoms with Gasteiger partial charge in [-0.2, -0.15) is 0 Å². The molecule has 0 rings (SSSR count). The third-order valence-electron chi connectivity index (χ3n) is 0. The van der Waals surface area contributed by atoms with Gasteiger partial charge in [0, 0.05) is 48.9 Å². The molecule has 7 heavy (non-hydrogen) atoms. The van der Waals surface area contributed by atoms with Crippen LogP contribution in [-0.4, -0.2) is 76.2 Å². The smallest absolute Gasteiger partial charge is 0 e. The second kappa shape index (κ2) is 149. The van der Waals surface area contributed by atoms with Crippen molar-refractivity contribution in [1.29, 1.82) is 0 Å². The first kappa shape index (κ1) is 226. The molecule has 7 heteroatoms. The summed E-state index contributed by atoms with van der Waals surface area (Å²) in [7, 11) is 0. The summed E-state index contributed by atoms with van der Waals surface area (Å²) in [6.45, 7) is 0. The molecule has 0 aliphatic heterocycles. The van der Waals surface area contributed by atoms with E-state index in [1.54, 1.807) is 0 Å². The van der Waals surface area contributed by atoms with Gasteiger partial charge in [-0.1, -0.05) is 0 Å². The van der Waals surface area contributed by atoms with Crippen LogP contribution >= 0.6 is 0 Å². The molecule has 6 radical (unpaired) electrons. The second-order valence-electron chi connectivity index (χ2n) is 0. The molecular formula is H10O5Sb2. The van der Waals surface area contributed by atoms with Crippen LogP contribution in [0.5, 0.6) is 0 Å². The SMILES string of the molecule is O.O.O.O.O.[Sb].[Sb]. The second-order valence-corrected chi connectivity index (χ2v) is 0. The van der Waals surface area contributed by atoms with Gasteiger partial charge in [-0.05, 0) is 0 Å². The Hall–Kier alpha value is 1.44. The number of hydrogen-bond acceptors (Lipinski definition) is 0. The van der Waals surface area contributed by atoms with Gasteiger partial charge in [-0.25, -0.2) is 0 Å². The summed E-state index contributed by atoms with van der Waals surface area (Å²) in [5.41, 5.74) is 0. The quantitative estimate of drug-likeness (QED) is 0.389. The van der Waals surface area contributed by atoms with Crippen molar-refractivity contribution in [2.24, 2.45) is 0 Å². The Morgan fingerprint density at radius 3 is 0.286 bits per heavy atom. The minimum atomic E-state index is 0. The van der Waals surface area contributed by atoms with Crippen molar-refractivity contribution < 1.29 is 27.4 Å². The maximum Gasteiger partial charge on any atom is 0 e. The van der Waals surface area contributed by atoms with Gasteiger partial charge in [0.25, 0.3) is 0 Å². The van der Waals surface area contributed by atoms with Crippen molar-refractivity contribution in [1.82, 2.24) is 0 Å². The van der Waals surface area contributed by atoms with Crippen molar-refractivity contribution in [2.45, 2.75) is 0 Å². The molecule has 0 heterocycles. The zero-order chi connectivity index (χ0) is 0. The molecule has 0 aromatic carbocycles. The first-order valence-corrected chi connectivity index (χ1v) is 0. The fraction of sp³-hybridized carbons (Fsp3) is 0. The zero-order valence-corrected chi connectivity index (χ0v) is 8.50. The Bertz CT molecular complexity index is 6.04. The summed E-state index contributed by atoms with van der Waals surface area (Å²) in [5, 5.41) is 0. The summed E-state index contributed by atoms with van der Waals surface area (Å²) in [6, 6.07) is 0. The third-order valence-corrected chi connectivity index (χ3v) is 0. The summed E-state index contributed by atoms with van der Waals surface area (Å²) in [6.07, 6.45) is 0. The van der Waals surface area contributed by atoms with E-state index < -0.39 is 0 Å². The zero-order valence-electron chi connectivity index (χ0n) is 3.39. The predicted octanol–water partition coefficient (Wildman–Crippen LogP) is -4.89. The summed E-state index contributed by atoms with van der Waals surface area (Å²) < 4.78 is 0. The van der Waals surface area contributed by atoms with Crippen LogP contribution in [0.25, 0.3) is 0 Å². The van der Waals surface area contributed by atoms with Crippen LogP contribution in [0, 0.1) is 0 Å². The van der Waals surface area contributed by atoms with E-state index in [-0.39, 0.29) is 76.2 Å². The van der Waals surface area contributed by atoms with Crippen LogP contribution in [-0.2, 0) is 0 Å².